The summed E-state index contributed by atoms with van der Waals surface area (Å²) in [5, 5.41) is 0. The predicted molar refractivity (Wildman–Crippen MR) is 61.0 cm³/mol. The third kappa shape index (κ3) is 2.36. The van der Waals surface area contributed by atoms with Gasteiger partial charge in [-0.15, -0.1) is 0 Å². The maximum atomic E-state index is 11.9. The van der Waals surface area contributed by atoms with Gasteiger partial charge >= 0.3 is 0 Å². The van der Waals surface area contributed by atoms with Gasteiger partial charge in [0.1, 0.15) is 6.61 Å². The first-order valence-corrected chi connectivity index (χ1v) is 6.00. The number of hydrogen-bond acceptors (Lipinski definition) is 4. The monoisotopic (exact) mass is 227 g/mol. The van der Waals surface area contributed by atoms with Crippen molar-refractivity contribution >= 4 is 5.91 Å². The molecule has 2 aliphatic heterocycles. The zero-order valence-electron chi connectivity index (χ0n) is 9.89. The summed E-state index contributed by atoms with van der Waals surface area (Å²) in [7, 11) is 2.12. The lowest BCUT2D eigenvalue weighted by atomic mass is 10.0. The predicted octanol–water partition coefficient (Wildman–Crippen LogP) is -0.733. The Labute approximate surface area is 96.5 Å². The molecule has 1 unspecified atom stereocenters. The quantitative estimate of drug-likeness (QED) is 0.675. The van der Waals surface area contributed by atoms with Gasteiger partial charge in [-0.2, -0.15) is 0 Å². The highest BCUT2D eigenvalue weighted by Gasteiger charge is 2.34. The molecule has 2 heterocycles. The van der Waals surface area contributed by atoms with Crippen LogP contribution in [0, 0.1) is 0 Å². The van der Waals surface area contributed by atoms with Crippen LogP contribution in [0.25, 0.3) is 0 Å². The molecule has 2 rings (SSSR count). The number of carbonyl (C=O) groups excluding carboxylic acids is 1. The van der Waals surface area contributed by atoms with E-state index in [1.54, 1.807) is 0 Å². The summed E-state index contributed by atoms with van der Waals surface area (Å²) < 4.78 is 5.25. The zero-order valence-corrected chi connectivity index (χ0v) is 9.89. The molecule has 0 aromatic carbocycles. The molecule has 5 heteroatoms. The molecule has 0 radical (unpaired) electrons. The number of ether oxygens (including phenoxy) is 1. The van der Waals surface area contributed by atoms with Gasteiger partial charge in [-0.1, -0.05) is 0 Å². The lowest BCUT2D eigenvalue weighted by Gasteiger charge is -2.43. The van der Waals surface area contributed by atoms with Crippen molar-refractivity contribution in [3.8, 4) is 0 Å². The first-order valence-electron chi connectivity index (χ1n) is 6.00. The van der Waals surface area contributed by atoms with Crippen LogP contribution in [0.2, 0.25) is 0 Å². The van der Waals surface area contributed by atoms with Gasteiger partial charge in [-0.25, -0.2) is 0 Å². The highest BCUT2D eigenvalue weighted by molar-refractivity contribution is 5.78. The summed E-state index contributed by atoms with van der Waals surface area (Å²) in [5.74, 6) is 0.108. The number of carbonyl (C=O) groups is 1. The van der Waals surface area contributed by atoms with Crippen LogP contribution < -0.4 is 5.73 Å². The van der Waals surface area contributed by atoms with Crippen molar-refractivity contribution in [2.75, 3.05) is 39.9 Å². The maximum absolute atomic E-state index is 11.9. The number of rotatable bonds is 2. The Hall–Kier alpha value is -0.650. The fraction of sp³-hybridized carbons (Fsp3) is 0.909. The highest BCUT2D eigenvalue weighted by atomic mass is 16.5. The van der Waals surface area contributed by atoms with Crippen molar-refractivity contribution in [2.45, 2.75) is 24.9 Å². The van der Waals surface area contributed by atoms with Crippen LogP contribution in [0.3, 0.4) is 0 Å². The number of hydrogen-bond donors (Lipinski definition) is 1. The molecule has 0 bridgehead atoms. The Morgan fingerprint density at radius 1 is 1.44 bits per heavy atom. The van der Waals surface area contributed by atoms with Crippen LogP contribution in [0.1, 0.15) is 12.8 Å². The minimum Gasteiger partial charge on any atom is -0.369 e. The van der Waals surface area contributed by atoms with Gasteiger partial charge in [0.15, 0.2) is 0 Å². The third-order valence-corrected chi connectivity index (χ3v) is 3.57. The molecule has 0 aromatic rings. The molecule has 5 nitrogen and oxygen atoms in total. The third-order valence-electron chi connectivity index (χ3n) is 3.57. The van der Waals surface area contributed by atoms with Crippen LogP contribution in [0.5, 0.6) is 0 Å². The molecular formula is C11H21N3O2. The normalized spacial score (nSPS) is 29.8. The molecule has 0 aliphatic carbocycles. The van der Waals surface area contributed by atoms with E-state index in [0.29, 0.717) is 19.2 Å². The SMILES string of the molecule is CN1CCC(N2C(=O)COCC2CN)CC1. The Kier molecular flexibility index (Phi) is 3.78. The lowest BCUT2D eigenvalue weighted by Crippen LogP contribution is -2.58. The molecule has 0 spiro atoms. The van der Waals surface area contributed by atoms with Gasteiger partial charge in [0, 0.05) is 12.6 Å². The molecule has 16 heavy (non-hydrogen) atoms. The van der Waals surface area contributed by atoms with E-state index in [0.717, 1.165) is 25.9 Å². The molecule has 2 saturated heterocycles. The fourth-order valence-corrected chi connectivity index (χ4v) is 2.60. The van der Waals surface area contributed by atoms with E-state index >= 15 is 0 Å². The maximum Gasteiger partial charge on any atom is 0.249 e. The number of nitrogens with zero attached hydrogens (tertiary/aromatic N) is 2. The standard InChI is InChI=1S/C11H21N3O2/c1-13-4-2-9(3-5-13)14-10(6-12)7-16-8-11(14)15/h9-10H,2-8,12H2,1H3. The topological polar surface area (TPSA) is 58.8 Å². The Balaban J connectivity index is 2.01. The summed E-state index contributed by atoms with van der Waals surface area (Å²) in [4.78, 5) is 16.2. The molecular weight excluding hydrogens is 206 g/mol. The summed E-state index contributed by atoms with van der Waals surface area (Å²) in [6.07, 6.45) is 2.11. The second-order valence-electron chi connectivity index (χ2n) is 4.74. The number of piperidine rings is 1. The number of likely N-dealkylation sites (tertiary alicyclic amines) is 1. The van der Waals surface area contributed by atoms with Gasteiger partial charge in [-0.3, -0.25) is 4.79 Å². The summed E-state index contributed by atoms with van der Waals surface area (Å²) >= 11 is 0. The van der Waals surface area contributed by atoms with Gasteiger partial charge in [0.2, 0.25) is 5.91 Å². The van der Waals surface area contributed by atoms with Crippen LogP contribution in [0.4, 0.5) is 0 Å². The van der Waals surface area contributed by atoms with Crippen molar-refractivity contribution < 1.29 is 9.53 Å². The lowest BCUT2D eigenvalue weighted by molar-refractivity contribution is -0.152. The van der Waals surface area contributed by atoms with E-state index in [9.17, 15) is 4.79 Å². The number of amides is 1. The van der Waals surface area contributed by atoms with E-state index < -0.39 is 0 Å². The summed E-state index contributed by atoms with van der Waals surface area (Å²) in [6, 6.07) is 0.441. The van der Waals surface area contributed by atoms with Gasteiger partial charge in [-0.05, 0) is 33.0 Å². The van der Waals surface area contributed by atoms with Crippen molar-refractivity contribution in [1.29, 1.82) is 0 Å². The largest absolute Gasteiger partial charge is 0.369 e. The van der Waals surface area contributed by atoms with Gasteiger partial charge in [0.05, 0.1) is 12.6 Å². The molecule has 0 saturated carbocycles. The molecule has 1 atom stereocenters. The fourth-order valence-electron chi connectivity index (χ4n) is 2.60. The summed E-state index contributed by atoms with van der Waals surface area (Å²) in [5.41, 5.74) is 5.71. The van der Waals surface area contributed by atoms with Crippen molar-refractivity contribution in [1.82, 2.24) is 9.80 Å². The molecule has 2 N–H and O–H groups in total. The van der Waals surface area contributed by atoms with Gasteiger partial charge in [0.25, 0.3) is 0 Å². The Morgan fingerprint density at radius 2 is 2.12 bits per heavy atom. The average molecular weight is 227 g/mol. The molecule has 2 fully saturated rings. The Bertz CT molecular complexity index is 252. The van der Waals surface area contributed by atoms with Gasteiger partial charge < -0.3 is 20.3 Å². The van der Waals surface area contributed by atoms with Crippen molar-refractivity contribution in [3.05, 3.63) is 0 Å². The van der Waals surface area contributed by atoms with Crippen LogP contribution in [-0.2, 0) is 9.53 Å². The van der Waals surface area contributed by atoms with Crippen molar-refractivity contribution in [3.63, 3.8) is 0 Å². The van der Waals surface area contributed by atoms with E-state index in [1.165, 1.54) is 0 Å². The zero-order chi connectivity index (χ0) is 11.5. The average Bonchev–Trinajstić information content (AvgIpc) is 2.30. The second kappa shape index (κ2) is 5.12. The first-order chi connectivity index (χ1) is 7.72. The molecule has 1 amide bonds. The minimum atomic E-state index is 0.0784. The number of nitrogens with two attached hydrogens (primary N) is 1. The van der Waals surface area contributed by atoms with E-state index in [2.05, 4.69) is 11.9 Å². The summed E-state index contributed by atoms with van der Waals surface area (Å²) in [6.45, 7) is 3.44. The van der Waals surface area contributed by atoms with Crippen LogP contribution >= 0.6 is 0 Å². The highest BCUT2D eigenvalue weighted by Crippen LogP contribution is 2.20. The number of morpholine rings is 1. The Morgan fingerprint density at radius 3 is 2.75 bits per heavy atom. The first kappa shape index (κ1) is 11.8. The molecule has 0 aromatic heterocycles. The molecule has 2 aliphatic rings. The van der Waals surface area contributed by atoms with E-state index in [4.69, 9.17) is 10.5 Å². The van der Waals surface area contributed by atoms with E-state index in [-0.39, 0.29) is 18.6 Å². The second-order valence-corrected chi connectivity index (χ2v) is 4.74. The van der Waals surface area contributed by atoms with E-state index in [1.807, 2.05) is 4.90 Å². The minimum absolute atomic E-state index is 0.0784. The van der Waals surface area contributed by atoms with Crippen LogP contribution in [0.15, 0.2) is 0 Å². The molecule has 92 valence electrons. The smallest absolute Gasteiger partial charge is 0.249 e. The van der Waals surface area contributed by atoms with Crippen LogP contribution in [-0.4, -0.2) is 67.7 Å². The van der Waals surface area contributed by atoms with Crippen molar-refractivity contribution in [2.24, 2.45) is 5.73 Å².